The van der Waals surface area contributed by atoms with E-state index in [1.54, 1.807) is 0 Å². The highest BCUT2D eigenvalue weighted by molar-refractivity contribution is 5.80. The third-order valence-electron chi connectivity index (χ3n) is 5.52. The van der Waals surface area contributed by atoms with Gasteiger partial charge in [-0.1, -0.05) is 0 Å². The van der Waals surface area contributed by atoms with Gasteiger partial charge in [0.15, 0.2) is 5.96 Å². The predicted molar refractivity (Wildman–Crippen MR) is 85.6 cm³/mol. The van der Waals surface area contributed by atoms with Gasteiger partial charge in [-0.3, -0.25) is 4.99 Å². The molecular weight excluding hydrogens is 264 g/mol. The summed E-state index contributed by atoms with van der Waals surface area (Å²) in [6.45, 7) is 7.65. The molecule has 3 saturated heterocycles. The van der Waals surface area contributed by atoms with Gasteiger partial charge >= 0.3 is 0 Å². The molecular formula is C16H30N4O. The molecule has 120 valence electrons. The maximum absolute atomic E-state index is 5.62. The number of nitrogens with zero attached hydrogens (tertiary/aromatic N) is 3. The number of ether oxygens (including phenoxy) is 1. The Morgan fingerprint density at radius 3 is 2.76 bits per heavy atom. The van der Waals surface area contributed by atoms with Gasteiger partial charge in [-0.05, 0) is 51.7 Å². The van der Waals surface area contributed by atoms with Crippen LogP contribution >= 0.6 is 0 Å². The molecule has 5 heteroatoms. The molecule has 1 spiro atoms. The van der Waals surface area contributed by atoms with Crippen molar-refractivity contribution in [1.82, 2.24) is 15.1 Å². The molecule has 0 aromatic heterocycles. The zero-order chi connectivity index (χ0) is 14.7. The highest BCUT2D eigenvalue weighted by Crippen LogP contribution is 2.38. The van der Waals surface area contributed by atoms with Gasteiger partial charge in [0.05, 0.1) is 6.61 Å². The van der Waals surface area contributed by atoms with Crippen molar-refractivity contribution in [2.75, 3.05) is 60.0 Å². The van der Waals surface area contributed by atoms with Gasteiger partial charge in [-0.25, -0.2) is 0 Å². The number of piperidine rings is 1. The van der Waals surface area contributed by atoms with Crippen molar-refractivity contribution in [3.05, 3.63) is 0 Å². The van der Waals surface area contributed by atoms with E-state index in [0.717, 1.165) is 44.7 Å². The first-order valence-corrected chi connectivity index (χ1v) is 8.43. The van der Waals surface area contributed by atoms with Crippen molar-refractivity contribution in [2.45, 2.75) is 25.7 Å². The van der Waals surface area contributed by atoms with E-state index in [-0.39, 0.29) is 0 Å². The van der Waals surface area contributed by atoms with Crippen LogP contribution in [0.5, 0.6) is 0 Å². The Morgan fingerprint density at radius 2 is 2.10 bits per heavy atom. The second-order valence-electron chi connectivity index (χ2n) is 7.15. The standard InChI is InChI=1S/C16H30N4O/c1-17-15(18-11-14-3-7-19(2)8-4-14)20-9-5-16(12-20)6-10-21-13-16/h14H,3-13H2,1-2H3,(H,17,18). The van der Waals surface area contributed by atoms with Crippen LogP contribution in [0, 0.1) is 11.3 Å². The van der Waals surface area contributed by atoms with Crippen molar-refractivity contribution < 1.29 is 4.74 Å². The van der Waals surface area contributed by atoms with Crippen LogP contribution in [-0.2, 0) is 4.74 Å². The molecule has 3 heterocycles. The van der Waals surface area contributed by atoms with Crippen LogP contribution in [0.4, 0.5) is 0 Å². The Labute approximate surface area is 128 Å². The fraction of sp³-hybridized carbons (Fsp3) is 0.938. The molecule has 3 aliphatic heterocycles. The minimum absolute atomic E-state index is 0.408. The summed E-state index contributed by atoms with van der Waals surface area (Å²) in [5, 5.41) is 3.62. The maximum Gasteiger partial charge on any atom is 0.193 e. The molecule has 5 nitrogen and oxygen atoms in total. The van der Waals surface area contributed by atoms with Crippen LogP contribution in [0.15, 0.2) is 4.99 Å². The number of aliphatic imine (C=N–C) groups is 1. The fourth-order valence-corrected chi connectivity index (χ4v) is 3.92. The predicted octanol–water partition coefficient (Wildman–Crippen LogP) is 1.02. The third kappa shape index (κ3) is 3.51. The lowest BCUT2D eigenvalue weighted by atomic mass is 9.87. The lowest BCUT2D eigenvalue weighted by Crippen LogP contribution is -2.44. The SMILES string of the molecule is CN=C(NCC1CCN(C)CC1)N1CCC2(CCOC2)C1. The quantitative estimate of drug-likeness (QED) is 0.610. The molecule has 0 aromatic rings. The molecule has 0 saturated carbocycles. The Kier molecular flexibility index (Phi) is 4.69. The largest absolute Gasteiger partial charge is 0.381 e. The van der Waals surface area contributed by atoms with Gasteiger partial charge in [0.25, 0.3) is 0 Å². The van der Waals surface area contributed by atoms with E-state index >= 15 is 0 Å². The first kappa shape index (κ1) is 15.1. The number of hydrogen-bond acceptors (Lipinski definition) is 3. The molecule has 0 aliphatic carbocycles. The van der Waals surface area contributed by atoms with E-state index in [9.17, 15) is 0 Å². The van der Waals surface area contributed by atoms with E-state index in [1.165, 1.54) is 38.8 Å². The number of likely N-dealkylation sites (tertiary alicyclic amines) is 2. The molecule has 1 N–H and O–H groups in total. The average Bonchev–Trinajstić information content (AvgIpc) is 3.13. The van der Waals surface area contributed by atoms with E-state index in [0.29, 0.717) is 5.41 Å². The Morgan fingerprint density at radius 1 is 1.29 bits per heavy atom. The topological polar surface area (TPSA) is 40.1 Å². The van der Waals surface area contributed by atoms with Gasteiger partial charge in [0, 0.05) is 38.7 Å². The van der Waals surface area contributed by atoms with Gasteiger partial charge < -0.3 is 19.9 Å². The van der Waals surface area contributed by atoms with E-state index in [1.807, 2.05) is 7.05 Å². The average molecular weight is 294 g/mol. The highest BCUT2D eigenvalue weighted by atomic mass is 16.5. The fourth-order valence-electron chi connectivity index (χ4n) is 3.92. The molecule has 1 atom stereocenters. The van der Waals surface area contributed by atoms with Crippen LogP contribution < -0.4 is 5.32 Å². The molecule has 3 aliphatic rings. The monoisotopic (exact) mass is 294 g/mol. The normalized spacial score (nSPS) is 32.3. The van der Waals surface area contributed by atoms with Crippen LogP contribution in [0.2, 0.25) is 0 Å². The van der Waals surface area contributed by atoms with Crippen molar-refractivity contribution in [3.63, 3.8) is 0 Å². The number of rotatable bonds is 2. The zero-order valence-electron chi connectivity index (χ0n) is 13.6. The molecule has 3 rings (SSSR count). The summed E-state index contributed by atoms with van der Waals surface area (Å²) in [7, 11) is 4.13. The molecule has 3 fully saturated rings. The smallest absolute Gasteiger partial charge is 0.193 e. The summed E-state index contributed by atoms with van der Waals surface area (Å²) in [5.74, 6) is 1.89. The summed E-state index contributed by atoms with van der Waals surface area (Å²) in [6, 6.07) is 0. The summed E-state index contributed by atoms with van der Waals surface area (Å²) < 4.78 is 5.62. The first-order valence-electron chi connectivity index (χ1n) is 8.43. The Bertz CT molecular complexity index is 370. The minimum Gasteiger partial charge on any atom is -0.381 e. The summed E-state index contributed by atoms with van der Waals surface area (Å²) in [5.41, 5.74) is 0.408. The highest BCUT2D eigenvalue weighted by Gasteiger charge is 2.42. The second kappa shape index (κ2) is 6.53. The van der Waals surface area contributed by atoms with Gasteiger partial charge in [-0.15, -0.1) is 0 Å². The lowest BCUT2D eigenvalue weighted by Gasteiger charge is -2.31. The van der Waals surface area contributed by atoms with Crippen molar-refractivity contribution in [2.24, 2.45) is 16.3 Å². The van der Waals surface area contributed by atoms with Crippen molar-refractivity contribution >= 4 is 5.96 Å². The van der Waals surface area contributed by atoms with Crippen LogP contribution in [0.1, 0.15) is 25.7 Å². The summed E-state index contributed by atoms with van der Waals surface area (Å²) in [4.78, 5) is 9.36. The first-order chi connectivity index (χ1) is 10.2. The number of hydrogen-bond donors (Lipinski definition) is 1. The maximum atomic E-state index is 5.62. The molecule has 0 bridgehead atoms. The van der Waals surface area contributed by atoms with Gasteiger partial charge in [0.2, 0.25) is 0 Å². The van der Waals surface area contributed by atoms with Crippen molar-refractivity contribution in [1.29, 1.82) is 0 Å². The molecule has 0 radical (unpaired) electrons. The van der Waals surface area contributed by atoms with Gasteiger partial charge in [0.1, 0.15) is 0 Å². The Hall–Kier alpha value is -0.810. The van der Waals surface area contributed by atoms with E-state index in [2.05, 4.69) is 27.2 Å². The molecule has 0 amide bonds. The second-order valence-corrected chi connectivity index (χ2v) is 7.15. The zero-order valence-corrected chi connectivity index (χ0v) is 13.6. The van der Waals surface area contributed by atoms with E-state index in [4.69, 9.17) is 4.74 Å². The van der Waals surface area contributed by atoms with E-state index < -0.39 is 0 Å². The Balaban J connectivity index is 1.47. The number of nitrogens with one attached hydrogen (secondary N) is 1. The molecule has 21 heavy (non-hydrogen) atoms. The summed E-state index contributed by atoms with van der Waals surface area (Å²) in [6.07, 6.45) is 5.08. The van der Waals surface area contributed by atoms with Gasteiger partial charge in [-0.2, -0.15) is 0 Å². The lowest BCUT2D eigenvalue weighted by molar-refractivity contribution is 0.156. The summed E-state index contributed by atoms with van der Waals surface area (Å²) >= 11 is 0. The van der Waals surface area contributed by atoms with Crippen LogP contribution in [0.25, 0.3) is 0 Å². The van der Waals surface area contributed by atoms with Crippen LogP contribution in [0.3, 0.4) is 0 Å². The number of guanidine groups is 1. The molecule has 1 unspecified atom stereocenters. The third-order valence-corrected chi connectivity index (χ3v) is 5.52. The minimum atomic E-state index is 0.408. The molecule has 0 aromatic carbocycles. The van der Waals surface area contributed by atoms with Crippen molar-refractivity contribution in [3.8, 4) is 0 Å². The van der Waals surface area contributed by atoms with Crippen LogP contribution in [-0.4, -0.2) is 75.8 Å².